The molecule has 0 aliphatic heterocycles. The van der Waals surface area contributed by atoms with Gasteiger partial charge in [0.2, 0.25) is 5.01 Å². The number of amides is 1. The molecule has 1 atom stereocenters. The third kappa shape index (κ3) is 3.30. The van der Waals surface area contributed by atoms with Gasteiger partial charge in [-0.3, -0.25) is 4.79 Å². The molecule has 1 aromatic carbocycles. The van der Waals surface area contributed by atoms with Crippen LogP contribution in [0.15, 0.2) is 34.7 Å². The van der Waals surface area contributed by atoms with Crippen molar-refractivity contribution in [2.45, 2.75) is 17.2 Å². The normalized spacial score (nSPS) is 12.3. The number of rotatable bonds is 5. The van der Waals surface area contributed by atoms with Crippen molar-refractivity contribution >= 4 is 29.0 Å². The predicted octanol–water partition coefficient (Wildman–Crippen LogP) is 2.53. The van der Waals surface area contributed by atoms with Crippen molar-refractivity contribution in [1.82, 2.24) is 10.2 Å². The number of nitrogens with zero attached hydrogens (tertiary/aromatic N) is 2. The van der Waals surface area contributed by atoms with E-state index in [0.717, 1.165) is 10.1 Å². The van der Waals surface area contributed by atoms with Crippen molar-refractivity contribution in [3.63, 3.8) is 0 Å². The molecular weight excluding hydrogens is 266 g/mol. The van der Waals surface area contributed by atoms with Crippen molar-refractivity contribution in [2.24, 2.45) is 5.73 Å². The lowest BCUT2D eigenvalue weighted by Crippen LogP contribution is -2.10. The van der Waals surface area contributed by atoms with Crippen LogP contribution in [0.5, 0.6) is 0 Å². The Bertz CT molecular complexity index is 527. The van der Waals surface area contributed by atoms with Gasteiger partial charge in [-0.1, -0.05) is 60.4 Å². The Balaban J connectivity index is 1.93. The summed E-state index contributed by atoms with van der Waals surface area (Å²) in [6, 6.07) is 10.3. The molecule has 0 fully saturated rings. The van der Waals surface area contributed by atoms with Crippen LogP contribution >= 0.6 is 23.1 Å². The summed E-state index contributed by atoms with van der Waals surface area (Å²) < 4.78 is 0.784. The number of hydrogen-bond donors (Lipinski definition) is 1. The lowest BCUT2D eigenvalue weighted by Gasteiger charge is -2.09. The molecule has 0 saturated heterocycles. The third-order valence-corrected chi connectivity index (χ3v) is 4.77. The summed E-state index contributed by atoms with van der Waals surface area (Å²) in [5.74, 6) is 0.810. The van der Waals surface area contributed by atoms with Gasteiger partial charge in [-0.25, -0.2) is 0 Å². The van der Waals surface area contributed by atoms with Gasteiger partial charge in [0.15, 0.2) is 4.34 Å². The molecule has 1 unspecified atom stereocenters. The summed E-state index contributed by atoms with van der Waals surface area (Å²) >= 11 is 2.84. The van der Waals surface area contributed by atoms with Crippen LogP contribution < -0.4 is 5.73 Å². The van der Waals surface area contributed by atoms with Gasteiger partial charge in [-0.05, 0) is 11.5 Å². The van der Waals surface area contributed by atoms with Crippen LogP contribution in [0, 0.1) is 0 Å². The van der Waals surface area contributed by atoms with E-state index in [1.807, 2.05) is 18.2 Å². The highest BCUT2D eigenvalue weighted by Gasteiger charge is 2.11. The van der Waals surface area contributed by atoms with Gasteiger partial charge >= 0.3 is 0 Å². The second kappa shape index (κ2) is 5.97. The standard InChI is InChI=1S/C12H13N3OS2/c1-8(9-5-3-2-4-6-9)7-17-12-15-14-11(18-12)10(13)16/h2-6,8H,7H2,1H3,(H2,13,16). The smallest absolute Gasteiger partial charge is 0.279 e. The van der Waals surface area contributed by atoms with Gasteiger partial charge in [-0.15, -0.1) is 10.2 Å². The number of benzene rings is 1. The Morgan fingerprint density at radius 1 is 1.39 bits per heavy atom. The Kier molecular flexibility index (Phi) is 4.33. The van der Waals surface area contributed by atoms with Crippen LogP contribution in [0.4, 0.5) is 0 Å². The monoisotopic (exact) mass is 279 g/mol. The summed E-state index contributed by atoms with van der Waals surface area (Å²) in [5, 5.41) is 7.94. The highest BCUT2D eigenvalue weighted by molar-refractivity contribution is 8.01. The fourth-order valence-electron chi connectivity index (χ4n) is 1.44. The van der Waals surface area contributed by atoms with E-state index >= 15 is 0 Å². The van der Waals surface area contributed by atoms with Crippen molar-refractivity contribution < 1.29 is 4.79 Å². The van der Waals surface area contributed by atoms with Crippen LogP contribution in [-0.4, -0.2) is 21.9 Å². The topological polar surface area (TPSA) is 68.9 Å². The first-order chi connectivity index (χ1) is 8.66. The van der Waals surface area contributed by atoms with E-state index in [-0.39, 0.29) is 5.01 Å². The average molecular weight is 279 g/mol. The molecule has 18 heavy (non-hydrogen) atoms. The van der Waals surface area contributed by atoms with Crippen molar-refractivity contribution in [3.05, 3.63) is 40.9 Å². The van der Waals surface area contributed by atoms with Crippen LogP contribution in [-0.2, 0) is 0 Å². The maximum absolute atomic E-state index is 10.9. The molecule has 0 spiro atoms. The van der Waals surface area contributed by atoms with Gasteiger partial charge in [0.1, 0.15) is 0 Å². The number of nitrogens with two attached hydrogens (primary N) is 1. The van der Waals surface area contributed by atoms with E-state index in [1.54, 1.807) is 11.8 Å². The fourth-order valence-corrected chi connectivity index (χ4v) is 3.23. The molecule has 2 N–H and O–H groups in total. The SMILES string of the molecule is CC(CSc1nnc(C(N)=O)s1)c1ccccc1. The van der Waals surface area contributed by atoms with Crippen molar-refractivity contribution in [1.29, 1.82) is 0 Å². The van der Waals surface area contributed by atoms with Crippen molar-refractivity contribution in [3.8, 4) is 0 Å². The molecule has 1 amide bonds. The Hall–Kier alpha value is -1.40. The summed E-state index contributed by atoms with van der Waals surface area (Å²) in [6.07, 6.45) is 0. The van der Waals surface area contributed by atoms with E-state index < -0.39 is 5.91 Å². The molecule has 2 aromatic rings. The minimum absolute atomic E-state index is 0.268. The van der Waals surface area contributed by atoms with Crippen LogP contribution in [0.3, 0.4) is 0 Å². The highest BCUT2D eigenvalue weighted by atomic mass is 32.2. The second-order valence-electron chi connectivity index (χ2n) is 3.86. The zero-order valence-corrected chi connectivity index (χ0v) is 11.5. The molecule has 0 radical (unpaired) electrons. The lowest BCUT2D eigenvalue weighted by molar-refractivity contribution is 0.0999. The lowest BCUT2D eigenvalue weighted by atomic mass is 10.0. The molecule has 0 aliphatic carbocycles. The van der Waals surface area contributed by atoms with E-state index in [9.17, 15) is 4.79 Å². The number of carbonyl (C=O) groups is 1. The predicted molar refractivity (Wildman–Crippen MR) is 74.0 cm³/mol. The highest BCUT2D eigenvalue weighted by Crippen LogP contribution is 2.27. The molecular formula is C12H13N3OS2. The van der Waals surface area contributed by atoms with Crippen molar-refractivity contribution in [2.75, 3.05) is 5.75 Å². The van der Waals surface area contributed by atoms with E-state index in [0.29, 0.717) is 5.92 Å². The fraction of sp³-hybridized carbons (Fsp3) is 0.250. The zero-order valence-electron chi connectivity index (χ0n) is 9.87. The molecule has 1 heterocycles. The first-order valence-electron chi connectivity index (χ1n) is 5.48. The van der Waals surface area contributed by atoms with E-state index in [2.05, 4.69) is 29.3 Å². The maximum Gasteiger partial charge on any atom is 0.279 e. The van der Waals surface area contributed by atoms with Crippen LogP contribution in [0.1, 0.15) is 28.2 Å². The second-order valence-corrected chi connectivity index (χ2v) is 6.10. The van der Waals surface area contributed by atoms with E-state index in [4.69, 9.17) is 5.73 Å². The molecule has 0 aliphatic rings. The number of thioether (sulfide) groups is 1. The zero-order chi connectivity index (χ0) is 13.0. The van der Waals surface area contributed by atoms with Gasteiger partial charge in [-0.2, -0.15) is 0 Å². The maximum atomic E-state index is 10.9. The van der Waals surface area contributed by atoms with Gasteiger partial charge in [0, 0.05) is 5.75 Å². The molecule has 1 aromatic heterocycles. The minimum atomic E-state index is -0.518. The molecule has 0 saturated carbocycles. The third-order valence-electron chi connectivity index (χ3n) is 2.44. The molecule has 6 heteroatoms. The molecule has 94 valence electrons. The van der Waals surface area contributed by atoms with E-state index in [1.165, 1.54) is 16.9 Å². The summed E-state index contributed by atoms with van der Waals surface area (Å²) in [4.78, 5) is 10.9. The first kappa shape index (κ1) is 13.0. The Labute approximate surface area is 114 Å². The summed E-state index contributed by atoms with van der Waals surface area (Å²) in [6.45, 7) is 2.17. The Morgan fingerprint density at radius 2 is 2.11 bits per heavy atom. The number of carbonyl (C=O) groups excluding carboxylic acids is 1. The number of primary amides is 1. The quantitative estimate of drug-likeness (QED) is 0.854. The molecule has 4 nitrogen and oxygen atoms in total. The van der Waals surface area contributed by atoms with Gasteiger partial charge in [0.05, 0.1) is 0 Å². The van der Waals surface area contributed by atoms with Gasteiger partial charge < -0.3 is 5.73 Å². The molecule has 2 rings (SSSR count). The molecule has 0 bridgehead atoms. The first-order valence-corrected chi connectivity index (χ1v) is 7.28. The van der Waals surface area contributed by atoms with Crippen LogP contribution in [0.2, 0.25) is 0 Å². The number of hydrogen-bond acceptors (Lipinski definition) is 5. The minimum Gasteiger partial charge on any atom is -0.363 e. The number of aromatic nitrogens is 2. The Morgan fingerprint density at radius 3 is 2.72 bits per heavy atom. The average Bonchev–Trinajstić information content (AvgIpc) is 2.86. The largest absolute Gasteiger partial charge is 0.363 e. The van der Waals surface area contributed by atoms with Crippen LogP contribution in [0.25, 0.3) is 0 Å². The summed E-state index contributed by atoms with van der Waals surface area (Å²) in [7, 11) is 0. The van der Waals surface area contributed by atoms with Gasteiger partial charge in [0.25, 0.3) is 5.91 Å². The summed E-state index contributed by atoms with van der Waals surface area (Å²) in [5.41, 5.74) is 6.43.